The number of nitrogens with zero attached hydrogens (tertiary/aromatic N) is 2. The van der Waals surface area contributed by atoms with Crippen molar-refractivity contribution >= 4 is 5.91 Å². The summed E-state index contributed by atoms with van der Waals surface area (Å²) in [5.74, 6) is 0.313. The molecule has 0 spiro atoms. The summed E-state index contributed by atoms with van der Waals surface area (Å²) in [7, 11) is 0. The molecule has 0 saturated carbocycles. The van der Waals surface area contributed by atoms with Gasteiger partial charge in [-0.25, -0.2) is 0 Å². The summed E-state index contributed by atoms with van der Waals surface area (Å²) >= 11 is 0. The van der Waals surface area contributed by atoms with Crippen LogP contribution in [0, 0.1) is 5.41 Å². The van der Waals surface area contributed by atoms with E-state index >= 15 is 0 Å². The monoisotopic (exact) mass is 267 g/mol. The van der Waals surface area contributed by atoms with Crippen molar-refractivity contribution < 1.29 is 4.79 Å². The van der Waals surface area contributed by atoms with Gasteiger partial charge in [0.1, 0.15) is 0 Å². The minimum atomic E-state index is 0.122. The maximum absolute atomic E-state index is 12.4. The van der Waals surface area contributed by atoms with Crippen LogP contribution in [0.15, 0.2) is 0 Å². The molecule has 2 rings (SSSR count). The summed E-state index contributed by atoms with van der Waals surface area (Å²) in [6.45, 7) is 8.81. The van der Waals surface area contributed by atoms with Gasteiger partial charge in [0.05, 0.1) is 6.54 Å². The molecule has 1 amide bonds. The number of amides is 1. The number of rotatable bonds is 2. The number of piperidine rings is 1. The van der Waals surface area contributed by atoms with Gasteiger partial charge in [0.15, 0.2) is 0 Å². The highest BCUT2D eigenvalue weighted by atomic mass is 16.2. The summed E-state index contributed by atoms with van der Waals surface area (Å²) in [6.07, 6.45) is 5.88. The zero-order valence-corrected chi connectivity index (χ0v) is 12.5. The van der Waals surface area contributed by atoms with E-state index < -0.39 is 0 Å². The predicted molar refractivity (Wildman–Crippen MR) is 77.9 cm³/mol. The molecule has 2 aliphatic heterocycles. The van der Waals surface area contributed by atoms with E-state index in [0.29, 0.717) is 12.5 Å². The maximum atomic E-state index is 12.4. The van der Waals surface area contributed by atoms with Gasteiger partial charge in [-0.15, -0.1) is 0 Å². The number of likely N-dealkylation sites (tertiary alicyclic amines) is 2. The van der Waals surface area contributed by atoms with E-state index in [4.69, 9.17) is 5.73 Å². The molecule has 1 atom stereocenters. The molecule has 2 heterocycles. The van der Waals surface area contributed by atoms with Gasteiger partial charge in [0.2, 0.25) is 5.91 Å². The second kappa shape index (κ2) is 6.23. The normalized spacial score (nSPS) is 29.0. The van der Waals surface area contributed by atoms with Crippen LogP contribution in [0.5, 0.6) is 0 Å². The Morgan fingerprint density at radius 1 is 1.16 bits per heavy atom. The minimum absolute atomic E-state index is 0.122. The molecule has 1 unspecified atom stereocenters. The maximum Gasteiger partial charge on any atom is 0.236 e. The van der Waals surface area contributed by atoms with Crippen LogP contribution in [0.2, 0.25) is 0 Å². The van der Waals surface area contributed by atoms with Crippen LogP contribution in [0.1, 0.15) is 46.0 Å². The minimum Gasteiger partial charge on any atom is -0.342 e. The Hall–Kier alpha value is -0.610. The standard InChI is InChI=1S/C15H29N3O/c1-15(2)12-17(10-7-13(15)16)11-14(19)18-8-5-3-4-6-9-18/h13H,3-12,16H2,1-2H3. The van der Waals surface area contributed by atoms with E-state index in [0.717, 1.165) is 32.6 Å². The molecule has 0 aromatic rings. The van der Waals surface area contributed by atoms with E-state index in [2.05, 4.69) is 23.6 Å². The highest BCUT2D eigenvalue weighted by molar-refractivity contribution is 5.78. The van der Waals surface area contributed by atoms with Gasteiger partial charge in [0, 0.05) is 32.2 Å². The van der Waals surface area contributed by atoms with Crippen LogP contribution in [0.4, 0.5) is 0 Å². The zero-order valence-electron chi connectivity index (χ0n) is 12.5. The number of hydrogen-bond acceptors (Lipinski definition) is 3. The van der Waals surface area contributed by atoms with E-state index in [9.17, 15) is 4.79 Å². The van der Waals surface area contributed by atoms with Gasteiger partial charge in [0.25, 0.3) is 0 Å². The van der Waals surface area contributed by atoms with Crippen molar-refractivity contribution in [1.82, 2.24) is 9.80 Å². The smallest absolute Gasteiger partial charge is 0.236 e. The van der Waals surface area contributed by atoms with Gasteiger partial charge in [-0.2, -0.15) is 0 Å². The van der Waals surface area contributed by atoms with Crippen molar-refractivity contribution in [2.24, 2.45) is 11.1 Å². The quantitative estimate of drug-likeness (QED) is 0.824. The molecule has 2 aliphatic rings. The summed E-state index contributed by atoms with van der Waals surface area (Å²) in [5.41, 5.74) is 6.27. The second-order valence-electron chi connectivity index (χ2n) is 6.89. The molecule has 2 fully saturated rings. The van der Waals surface area contributed by atoms with Crippen LogP contribution in [0.25, 0.3) is 0 Å². The summed E-state index contributed by atoms with van der Waals surface area (Å²) in [5, 5.41) is 0. The topological polar surface area (TPSA) is 49.6 Å². The first kappa shape index (κ1) is 14.8. The van der Waals surface area contributed by atoms with Crippen molar-refractivity contribution in [1.29, 1.82) is 0 Å². The second-order valence-corrected chi connectivity index (χ2v) is 6.89. The molecule has 4 nitrogen and oxygen atoms in total. The van der Waals surface area contributed by atoms with E-state index in [1.165, 1.54) is 25.7 Å². The average molecular weight is 267 g/mol. The first-order valence-corrected chi connectivity index (χ1v) is 7.75. The van der Waals surface area contributed by atoms with Gasteiger partial charge in [-0.3, -0.25) is 9.69 Å². The predicted octanol–water partition coefficient (Wildman–Crippen LogP) is 1.45. The third-order valence-electron chi connectivity index (χ3n) is 4.71. The highest BCUT2D eigenvalue weighted by Gasteiger charge is 2.34. The molecule has 2 saturated heterocycles. The van der Waals surface area contributed by atoms with Crippen molar-refractivity contribution in [2.45, 2.75) is 52.0 Å². The molecule has 0 radical (unpaired) electrons. The lowest BCUT2D eigenvalue weighted by molar-refractivity contribution is -0.133. The molecule has 19 heavy (non-hydrogen) atoms. The van der Waals surface area contributed by atoms with E-state index in [1.807, 2.05) is 0 Å². The Labute approximate surface area is 117 Å². The Morgan fingerprint density at radius 2 is 1.79 bits per heavy atom. The number of hydrogen-bond donors (Lipinski definition) is 1. The first-order valence-electron chi connectivity index (χ1n) is 7.75. The summed E-state index contributed by atoms with van der Waals surface area (Å²) < 4.78 is 0. The lowest BCUT2D eigenvalue weighted by atomic mass is 9.80. The van der Waals surface area contributed by atoms with E-state index in [1.54, 1.807) is 0 Å². The van der Waals surface area contributed by atoms with Crippen LogP contribution in [0.3, 0.4) is 0 Å². The lowest BCUT2D eigenvalue weighted by Crippen LogP contribution is -2.54. The lowest BCUT2D eigenvalue weighted by Gasteiger charge is -2.42. The molecule has 0 aromatic carbocycles. The zero-order chi connectivity index (χ0) is 13.9. The van der Waals surface area contributed by atoms with Crippen molar-refractivity contribution in [3.63, 3.8) is 0 Å². The molecular weight excluding hydrogens is 238 g/mol. The van der Waals surface area contributed by atoms with Crippen LogP contribution in [-0.2, 0) is 4.79 Å². The molecule has 0 bridgehead atoms. The molecule has 4 heteroatoms. The first-order chi connectivity index (χ1) is 8.99. The Bertz CT molecular complexity index is 309. The Kier molecular flexibility index (Phi) is 4.85. The number of nitrogens with two attached hydrogens (primary N) is 1. The number of carbonyl (C=O) groups is 1. The third-order valence-corrected chi connectivity index (χ3v) is 4.71. The molecule has 2 N–H and O–H groups in total. The molecule has 110 valence electrons. The fourth-order valence-electron chi connectivity index (χ4n) is 3.23. The molecule has 0 aliphatic carbocycles. The average Bonchev–Trinajstić information content (AvgIpc) is 2.62. The van der Waals surface area contributed by atoms with Crippen LogP contribution in [-0.4, -0.2) is 54.5 Å². The molecular formula is C15H29N3O. The third kappa shape index (κ3) is 3.93. The summed E-state index contributed by atoms with van der Waals surface area (Å²) in [6, 6.07) is 0.261. The van der Waals surface area contributed by atoms with Crippen molar-refractivity contribution in [3.8, 4) is 0 Å². The van der Waals surface area contributed by atoms with Crippen LogP contribution >= 0.6 is 0 Å². The fourth-order valence-corrected chi connectivity index (χ4v) is 3.23. The van der Waals surface area contributed by atoms with Gasteiger partial charge in [-0.1, -0.05) is 26.7 Å². The number of carbonyl (C=O) groups excluding carboxylic acids is 1. The Balaban J connectivity index is 1.85. The van der Waals surface area contributed by atoms with E-state index in [-0.39, 0.29) is 11.5 Å². The highest BCUT2D eigenvalue weighted by Crippen LogP contribution is 2.27. The fraction of sp³-hybridized carbons (Fsp3) is 0.933. The molecule has 0 aromatic heterocycles. The van der Waals surface area contributed by atoms with Crippen molar-refractivity contribution in [3.05, 3.63) is 0 Å². The largest absolute Gasteiger partial charge is 0.342 e. The van der Waals surface area contributed by atoms with Crippen molar-refractivity contribution in [2.75, 3.05) is 32.7 Å². The summed E-state index contributed by atoms with van der Waals surface area (Å²) in [4.78, 5) is 16.7. The van der Waals surface area contributed by atoms with Crippen LogP contribution < -0.4 is 5.73 Å². The Morgan fingerprint density at radius 3 is 2.37 bits per heavy atom. The SMILES string of the molecule is CC1(C)CN(CC(=O)N2CCCCCC2)CCC1N. The van der Waals surface area contributed by atoms with Gasteiger partial charge in [-0.05, 0) is 24.7 Å². The van der Waals surface area contributed by atoms with Gasteiger partial charge >= 0.3 is 0 Å². The van der Waals surface area contributed by atoms with Gasteiger partial charge < -0.3 is 10.6 Å².